The standard InChI is InChI=1S/C24H23N3O6/c1-14(10-22(28)29)26-23(30)20-13-33-27-21(20)11-25-24(31)32-12-19-17-8-4-2-6-15(17)16-7-3-5-9-18(16)19/h2-9,13-14,19H,10-12H2,1H3,(H,25,31)(H,26,30)(H,28,29)/t14-/m0/s1. The molecule has 170 valence electrons. The lowest BCUT2D eigenvalue weighted by atomic mass is 9.98. The Labute approximate surface area is 189 Å². The Morgan fingerprint density at radius 3 is 2.36 bits per heavy atom. The van der Waals surface area contributed by atoms with E-state index in [2.05, 4.69) is 27.9 Å². The Hall–Kier alpha value is -4.14. The number of rotatable bonds is 8. The Morgan fingerprint density at radius 2 is 1.73 bits per heavy atom. The summed E-state index contributed by atoms with van der Waals surface area (Å²) in [5, 5.41) is 17.7. The zero-order chi connectivity index (χ0) is 23.4. The van der Waals surface area contributed by atoms with Crippen molar-refractivity contribution in [2.45, 2.75) is 31.8 Å². The fourth-order valence-corrected chi connectivity index (χ4v) is 3.99. The third kappa shape index (κ3) is 4.87. The molecule has 0 aliphatic heterocycles. The number of carboxylic acids is 1. The molecule has 1 aromatic heterocycles. The third-order valence-electron chi connectivity index (χ3n) is 5.49. The van der Waals surface area contributed by atoms with Gasteiger partial charge >= 0.3 is 12.1 Å². The normalized spacial score (nSPS) is 13.0. The van der Waals surface area contributed by atoms with Crippen LogP contribution in [-0.4, -0.2) is 40.9 Å². The molecule has 4 rings (SSSR count). The molecule has 1 aliphatic carbocycles. The van der Waals surface area contributed by atoms with Crippen LogP contribution in [0.15, 0.2) is 59.3 Å². The number of ether oxygens (including phenoxy) is 1. The van der Waals surface area contributed by atoms with Crippen molar-refractivity contribution in [2.75, 3.05) is 6.61 Å². The van der Waals surface area contributed by atoms with Crippen LogP contribution < -0.4 is 10.6 Å². The lowest BCUT2D eigenvalue weighted by Gasteiger charge is -2.14. The molecule has 0 fully saturated rings. The predicted molar refractivity (Wildman–Crippen MR) is 118 cm³/mol. The summed E-state index contributed by atoms with van der Waals surface area (Å²) >= 11 is 0. The maximum absolute atomic E-state index is 12.3. The maximum Gasteiger partial charge on any atom is 0.407 e. The average Bonchev–Trinajstić information content (AvgIpc) is 3.38. The van der Waals surface area contributed by atoms with Gasteiger partial charge in [0.2, 0.25) is 0 Å². The van der Waals surface area contributed by atoms with E-state index in [0.717, 1.165) is 28.5 Å². The van der Waals surface area contributed by atoms with E-state index in [1.807, 2.05) is 36.4 Å². The molecular weight excluding hydrogens is 426 g/mol. The van der Waals surface area contributed by atoms with Crippen LogP contribution in [0.4, 0.5) is 4.79 Å². The second-order valence-electron chi connectivity index (χ2n) is 7.83. The van der Waals surface area contributed by atoms with Crippen LogP contribution in [0.5, 0.6) is 0 Å². The molecule has 0 bridgehead atoms. The number of fused-ring (bicyclic) bond motifs is 3. The van der Waals surface area contributed by atoms with Gasteiger partial charge in [-0.1, -0.05) is 53.7 Å². The molecule has 2 aromatic carbocycles. The fraction of sp³-hybridized carbons (Fsp3) is 0.250. The monoisotopic (exact) mass is 449 g/mol. The average molecular weight is 449 g/mol. The number of aromatic nitrogens is 1. The first-order chi connectivity index (χ1) is 15.9. The number of carbonyl (C=O) groups excluding carboxylic acids is 2. The van der Waals surface area contributed by atoms with Gasteiger partial charge in [0.05, 0.1) is 13.0 Å². The lowest BCUT2D eigenvalue weighted by Crippen LogP contribution is -2.35. The van der Waals surface area contributed by atoms with Crippen LogP contribution in [0.3, 0.4) is 0 Å². The van der Waals surface area contributed by atoms with Crippen molar-refractivity contribution >= 4 is 18.0 Å². The van der Waals surface area contributed by atoms with Gasteiger partial charge in [0, 0.05) is 12.0 Å². The molecule has 1 atom stereocenters. The molecule has 0 unspecified atom stereocenters. The number of amides is 2. The molecule has 1 heterocycles. The molecule has 9 heteroatoms. The minimum atomic E-state index is -1.02. The van der Waals surface area contributed by atoms with Crippen LogP contribution >= 0.6 is 0 Å². The van der Waals surface area contributed by atoms with E-state index in [9.17, 15) is 14.4 Å². The van der Waals surface area contributed by atoms with Crippen molar-refractivity contribution < 1.29 is 28.8 Å². The van der Waals surface area contributed by atoms with Gasteiger partial charge in [-0.25, -0.2) is 4.79 Å². The smallest absolute Gasteiger partial charge is 0.407 e. The van der Waals surface area contributed by atoms with Crippen LogP contribution in [0, 0.1) is 0 Å². The van der Waals surface area contributed by atoms with Gasteiger partial charge in [0.15, 0.2) is 0 Å². The highest BCUT2D eigenvalue weighted by Crippen LogP contribution is 2.44. The van der Waals surface area contributed by atoms with Crippen molar-refractivity contribution in [1.29, 1.82) is 0 Å². The SMILES string of the molecule is C[C@@H](CC(=O)O)NC(=O)c1conc1CNC(=O)OCC1c2ccccc2-c2ccccc21. The van der Waals surface area contributed by atoms with Crippen molar-refractivity contribution in [2.24, 2.45) is 0 Å². The van der Waals surface area contributed by atoms with E-state index >= 15 is 0 Å². The van der Waals surface area contributed by atoms with Gasteiger partial charge in [-0.2, -0.15) is 0 Å². The van der Waals surface area contributed by atoms with Crippen LogP contribution in [0.25, 0.3) is 11.1 Å². The second-order valence-corrected chi connectivity index (χ2v) is 7.83. The predicted octanol–water partition coefficient (Wildman–Crippen LogP) is 3.31. The number of hydrogen-bond acceptors (Lipinski definition) is 6. The first kappa shape index (κ1) is 22.1. The molecule has 3 aromatic rings. The van der Waals surface area contributed by atoms with E-state index in [0.29, 0.717) is 0 Å². The Bertz CT molecular complexity index is 1140. The van der Waals surface area contributed by atoms with E-state index in [1.54, 1.807) is 6.92 Å². The molecule has 9 nitrogen and oxygen atoms in total. The molecular formula is C24H23N3O6. The summed E-state index contributed by atoms with van der Waals surface area (Å²) in [5.41, 5.74) is 4.82. The molecule has 33 heavy (non-hydrogen) atoms. The largest absolute Gasteiger partial charge is 0.481 e. The quantitative estimate of drug-likeness (QED) is 0.481. The first-order valence-corrected chi connectivity index (χ1v) is 10.5. The summed E-state index contributed by atoms with van der Waals surface area (Å²) in [6, 6.07) is 15.5. The molecule has 0 saturated carbocycles. The van der Waals surface area contributed by atoms with Crippen LogP contribution in [0.2, 0.25) is 0 Å². The van der Waals surface area contributed by atoms with Gasteiger partial charge < -0.3 is 25.0 Å². The number of benzene rings is 2. The molecule has 0 saturated heterocycles. The van der Waals surface area contributed by atoms with Gasteiger partial charge in [-0.3, -0.25) is 9.59 Å². The first-order valence-electron chi connectivity index (χ1n) is 10.5. The van der Waals surface area contributed by atoms with Gasteiger partial charge in [0.25, 0.3) is 5.91 Å². The Kier molecular flexibility index (Phi) is 6.39. The topological polar surface area (TPSA) is 131 Å². The molecule has 0 radical (unpaired) electrons. The van der Waals surface area contributed by atoms with Gasteiger partial charge in [0.1, 0.15) is 24.1 Å². The highest BCUT2D eigenvalue weighted by Gasteiger charge is 2.29. The maximum atomic E-state index is 12.3. The summed E-state index contributed by atoms with van der Waals surface area (Å²) in [7, 11) is 0. The minimum absolute atomic E-state index is 0.0627. The molecule has 3 N–H and O–H groups in total. The van der Waals surface area contributed by atoms with Crippen molar-refractivity contribution in [3.63, 3.8) is 0 Å². The summed E-state index contributed by atoms with van der Waals surface area (Å²) in [5.74, 6) is -1.62. The second kappa shape index (κ2) is 9.56. The summed E-state index contributed by atoms with van der Waals surface area (Å²) < 4.78 is 10.3. The number of carbonyl (C=O) groups is 3. The van der Waals surface area contributed by atoms with E-state index in [4.69, 9.17) is 14.4 Å². The number of hydrogen-bond donors (Lipinski definition) is 3. The summed E-state index contributed by atoms with van der Waals surface area (Å²) in [4.78, 5) is 35.5. The number of nitrogens with one attached hydrogen (secondary N) is 2. The lowest BCUT2D eigenvalue weighted by molar-refractivity contribution is -0.137. The van der Waals surface area contributed by atoms with E-state index in [1.165, 1.54) is 0 Å². The fourth-order valence-electron chi connectivity index (χ4n) is 3.99. The minimum Gasteiger partial charge on any atom is -0.481 e. The van der Waals surface area contributed by atoms with Crippen molar-refractivity contribution in [3.8, 4) is 11.1 Å². The van der Waals surface area contributed by atoms with Crippen LogP contribution in [0.1, 0.15) is 46.4 Å². The van der Waals surface area contributed by atoms with E-state index < -0.39 is 24.0 Å². The highest BCUT2D eigenvalue weighted by atomic mass is 16.5. The number of nitrogens with zero attached hydrogens (tertiary/aromatic N) is 1. The Balaban J connectivity index is 1.34. The van der Waals surface area contributed by atoms with Crippen molar-refractivity contribution in [3.05, 3.63) is 77.2 Å². The van der Waals surface area contributed by atoms with E-state index in [-0.39, 0.29) is 36.7 Å². The number of carboxylic acid groups (broad SMARTS) is 1. The zero-order valence-corrected chi connectivity index (χ0v) is 17.9. The van der Waals surface area contributed by atoms with Crippen molar-refractivity contribution in [1.82, 2.24) is 15.8 Å². The van der Waals surface area contributed by atoms with Gasteiger partial charge in [-0.15, -0.1) is 0 Å². The Morgan fingerprint density at radius 1 is 1.09 bits per heavy atom. The van der Waals surface area contributed by atoms with Gasteiger partial charge in [-0.05, 0) is 29.2 Å². The molecule has 2 amide bonds. The molecule has 1 aliphatic rings. The molecule has 0 spiro atoms. The zero-order valence-electron chi connectivity index (χ0n) is 17.9. The number of aliphatic carboxylic acids is 1. The van der Waals surface area contributed by atoms with Crippen LogP contribution in [-0.2, 0) is 16.1 Å². The highest BCUT2D eigenvalue weighted by molar-refractivity contribution is 5.95. The summed E-state index contributed by atoms with van der Waals surface area (Å²) in [6.07, 6.45) is 0.285. The third-order valence-corrected chi connectivity index (χ3v) is 5.49. The summed E-state index contributed by atoms with van der Waals surface area (Å²) in [6.45, 7) is 1.66. The number of alkyl carbamates (subject to hydrolysis) is 1.